The van der Waals surface area contributed by atoms with Crippen LogP contribution >= 0.6 is 0 Å². The second kappa shape index (κ2) is 9.85. The van der Waals surface area contributed by atoms with Gasteiger partial charge in [0.15, 0.2) is 5.78 Å². The van der Waals surface area contributed by atoms with E-state index in [0.29, 0.717) is 23.3 Å². The van der Waals surface area contributed by atoms with E-state index in [-0.39, 0.29) is 18.7 Å². The Morgan fingerprint density at radius 2 is 1.69 bits per heavy atom. The van der Waals surface area contributed by atoms with Gasteiger partial charge in [-0.3, -0.25) is 14.9 Å². The number of carbonyl (C=O) groups excluding carboxylic acids is 3. The highest BCUT2D eigenvalue weighted by Crippen LogP contribution is 2.52. The Kier molecular flexibility index (Phi) is 7.00. The summed E-state index contributed by atoms with van der Waals surface area (Å²) in [5, 5.41) is 3.14. The maximum Gasteiger partial charge on any atom is 0.367 e. The summed E-state index contributed by atoms with van der Waals surface area (Å²) in [7, 11) is 2.41. The van der Waals surface area contributed by atoms with Gasteiger partial charge in [-0.25, -0.2) is 9.18 Å². The number of rotatable bonds is 6. The Bertz CT molecular complexity index is 1190. The van der Waals surface area contributed by atoms with Gasteiger partial charge in [-0.05, 0) is 28.7 Å². The lowest BCUT2D eigenvalue weighted by atomic mass is 9.65. The van der Waals surface area contributed by atoms with E-state index in [2.05, 4.69) is 5.32 Å². The van der Waals surface area contributed by atoms with Gasteiger partial charge >= 0.3 is 11.9 Å². The molecule has 3 atom stereocenters. The van der Waals surface area contributed by atoms with E-state index < -0.39 is 40.7 Å². The SMILES string of the molecule is COC(=O)C1C(c2ccc(F)cc2)C2=C(CC(C)(C)CC2=O)OC1(NCc1ccccc1)C(=O)OC. The van der Waals surface area contributed by atoms with Gasteiger partial charge in [-0.1, -0.05) is 56.3 Å². The van der Waals surface area contributed by atoms with Crippen LogP contribution in [-0.4, -0.2) is 37.7 Å². The minimum Gasteiger partial charge on any atom is -0.469 e. The van der Waals surface area contributed by atoms with Crippen molar-refractivity contribution >= 4 is 17.7 Å². The molecule has 1 aliphatic carbocycles. The minimum atomic E-state index is -2.00. The first kappa shape index (κ1) is 25.6. The monoisotopic (exact) mass is 495 g/mol. The zero-order valence-electron chi connectivity index (χ0n) is 20.8. The van der Waals surface area contributed by atoms with Crippen molar-refractivity contribution in [3.63, 3.8) is 0 Å². The lowest BCUT2D eigenvalue weighted by molar-refractivity contribution is -0.194. The first-order valence-electron chi connectivity index (χ1n) is 11.8. The molecule has 190 valence electrons. The molecule has 0 saturated carbocycles. The van der Waals surface area contributed by atoms with E-state index in [1.54, 1.807) is 0 Å². The zero-order valence-corrected chi connectivity index (χ0v) is 20.8. The number of hydrogen-bond acceptors (Lipinski definition) is 7. The summed E-state index contributed by atoms with van der Waals surface area (Å²) in [6, 6.07) is 14.8. The molecule has 0 amide bonds. The van der Waals surface area contributed by atoms with Crippen LogP contribution in [0.5, 0.6) is 0 Å². The summed E-state index contributed by atoms with van der Waals surface area (Å²) < 4.78 is 30.5. The van der Waals surface area contributed by atoms with Gasteiger partial charge in [0, 0.05) is 30.9 Å². The van der Waals surface area contributed by atoms with Crippen molar-refractivity contribution in [1.29, 1.82) is 0 Å². The van der Waals surface area contributed by atoms with Crippen LogP contribution < -0.4 is 5.32 Å². The molecule has 0 bridgehead atoms. The second-order valence-corrected chi connectivity index (χ2v) is 9.98. The number of methoxy groups -OCH3 is 2. The molecule has 0 aromatic heterocycles. The van der Waals surface area contributed by atoms with Crippen molar-refractivity contribution < 1.29 is 33.0 Å². The summed E-state index contributed by atoms with van der Waals surface area (Å²) in [6.07, 6.45) is 0.606. The molecule has 4 rings (SSSR count). The molecule has 1 aliphatic heterocycles. The molecule has 1 N–H and O–H groups in total. The molecule has 1 heterocycles. The van der Waals surface area contributed by atoms with Crippen LogP contribution in [0.2, 0.25) is 0 Å². The molecule has 0 spiro atoms. The molecule has 36 heavy (non-hydrogen) atoms. The van der Waals surface area contributed by atoms with Gasteiger partial charge in [0.2, 0.25) is 0 Å². The number of ketones is 1. The highest BCUT2D eigenvalue weighted by Gasteiger charge is 2.62. The van der Waals surface area contributed by atoms with Crippen LogP contribution in [0.1, 0.15) is 43.7 Å². The van der Waals surface area contributed by atoms with Gasteiger partial charge in [0.25, 0.3) is 5.72 Å². The van der Waals surface area contributed by atoms with E-state index in [0.717, 1.165) is 5.56 Å². The van der Waals surface area contributed by atoms with Crippen LogP contribution in [0.25, 0.3) is 0 Å². The van der Waals surface area contributed by atoms with Crippen molar-refractivity contribution in [2.45, 2.75) is 44.9 Å². The fourth-order valence-corrected chi connectivity index (χ4v) is 5.20. The van der Waals surface area contributed by atoms with E-state index in [1.165, 1.54) is 38.5 Å². The number of hydrogen-bond donors (Lipinski definition) is 1. The fraction of sp³-hybridized carbons (Fsp3) is 0.393. The topological polar surface area (TPSA) is 90.9 Å². The maximum atomic E-state index is 13.8. The Hall–Kier alpha value is -3.52. The van der Waals surface area contributed by atoms with E-state index >= 15 is 0 Å². The average Bonchev–Trinajstić information content (AvgIpc) is 2.86. The Balaban J connectivity index is 1.95. The number of benzene rings is 2. The number of esters is 2. The molecule has 2 aromatic carbocycles. The first-order valence-corrected chi connectivity index (χ1v) is 11.8. The highest BCUT2D eigenvalue weighted by atomic mass is 19.1. The fourth-order valence-electron chi connectivity index (χ4n) is 5.20. The van der Waals surface area contributed by atoms with Crippen molar-refractivity contribution in [3.8, 4) is 0 Å². The third-order valence-electron chi connectivity index (χ3n) is 6.82. The van der Waals surface area contributed by atoms with Crippen molar-refractivity contribution in [2.24, 2.45) is 11.3 Å². The molecule has 3 unspecified atom stereocenters. The number of carbonyl (C=O) groups is 3. The average molecular weight is 496 g/mol. The third kappa shape index (κ3) is 4.65. The summed E-state index contributed by atoms with van der Waals surface area (Å²) in [5.41, 5.74) is -0.791. The van der Waals surface area contributed by atoms with Crippen molar-refractivity contribution in [1.82, 2.24) is 5.32 Å². The number of Topliss-reactive ketones (excluding diaryl/α,β-unsaturated/α-hetero) is 1. The standard InChI is InChI=1S/C28H30FNO6/c1-27(2)14-20(31)23-21(15-27)36-28(26(33)35-4,30-16-17-8-6-5-7-9-17)24(25(32)34-3)22(23)18-10-12-19(29)13-11-18/h5-13,22,24,30H,14-16H2,1-4H3. The molecule has 0 fully saturated rings. The Labute approximate surface area is 209 Å². The van der Waals surface area contributed by atoms with Crippen LogP contribution in [0.4, 0.5) is 4.39 Å². The first-order chi connectivity index (χ1) is 17.1. The van der Waals surface area contributed by atoms with E-state index in [4.69, 9.17) is 14.2 Å². The summed E-state index contributed by atoms with van der Waals surface area (Å²) in [4.78, 5) is 40.4. The van der Waals surface area contributed by atoms with Gasteiger partial charge in [0.1, 0.15) is 17.5 Å². The predicted octanol–water partition coefficient (Wildman–Crippen LogP) is 4.03. The number of allylic oxidation sites excluding steroid dienone is 2. The normalized spacial score (nSPS) is 25.0. The van der Waals surface area contributed by atoms with E-state index in [9.17, 15) is 18.8 Å². The molecular weight excluding hydrogens is 465 g/mol. The zero-order chi connectivity index (χ0) is 26.1. The Morgan fingerprint density at radius 1 is 1.03 bits per heavy atom. The lowest BCUT2D eigenvalue weighted by Crippen LogP contribution is -2.65. The second-order valence-electron chi connectivity index (χ2n) is 9.98. The number of ether oxygens (including phenoxy) is 3. The quantitative estimate of drug-likeness (QED) is 0.605. The van der Waals surface area contributed by atoms with Crippen LogP contribution in [0.15, 0.2) is 65.9 Å². The minimum absolute atomic E-state index is 0.166. The number of nitrogens with one attached hydrogen (secondary N) is 1. The molecular formula is C28H30FNO6. The van der Waals surface area contributed by atoms with Crippen LogP contribution in [0, 0.1) is 17.2 Å². The van der Waals surface area contributed by atoms with Crippen molar-refractivity contribution in [2.75, 3.05) is 14.2 Å². The van der Waals surface area contributed by atoms with Gasteiger partial charge in [-0.15, -0.1) is 0 Å². The lowest BCUT2D eigenvalue weighted by Gasteiger charge is -2.48. The molecule has 2 aliphatic rings. The highest BCUT2D eigenvalue weighted by molar-refractivity contribution is 6.01. The van der Waals surface area contributed by atoms with Gasteiger partial charge < -0.3 is 14.2 Å². The Morgan fingerprint density at radius 3 is 2.31 bits per heavy atom. The van der Waals surface area contributed by atoms with Crippen molar-refractivity contribution in [3.05, 3.63) is 82.9 Å². The molecule has 8 heteroatoms. The molecule has 0 radical (unpaired) electrons. The smallest absolute Gasteiger partial charge is 0.367 e. The summed E-state index contributed by atoms with van der Waals surface area (Å²) in [6.45, 7) is 4.04. The largest absolute Gasteiger partial charge is 0.469 e. The summed E-state index contributed by atoms with van der Waals surface area (Å²) in [5.74, 6) is -4.18. The van der Waals surface area contributed by atoms with Crippen LogP contribution in [0.3, 0.4) is 0 Å². The third-order valence-corrected chi connectivity index (χ3v) is 6.82. The van der Waals surface area contributed by atoms with Gasteiger partial charge in [0.05, 0.1) is 14.2 Å². The molecule has 0 saturated heterocycles. The van der Waals surface area contributed by atoms with E-state index in [1.807, 2.05) is 44.2 Å². The predicted molar refractivity (Wildman–Crippen MR) is 129 cm³/mol. The molecule has 2 aromatic rings. The molecule has 7 nitrogen and oxygen atoms in total. The van der Waals surface area contributed by atoms with Gasteiger partial charge in [-0.2, -0.15) is 0 Å². The maximum absolute atomic E-state index is 13.8. The number of halogens is 1. The summed E-state index contributed by atoms with van der Waals surface area (Å²) >= 11 is 0. The van der Waals surface area contributed by atoms with Crippen LogP contribution in [-0.2, 0) is 35.1 Å².